The van der Waals surface area contributed by atoms with Crippen LogP contribution in [0.15, 0.2) is 46.9 Å². The Morgan fingerprint density at radius 3 is 2.70 bits per heavy atom. The monoisotopic (exact) mass is 264 g/mol. The Balaban J connectivity index is 2.18. The van der Waals surface area contributed by atoms with E-state index in [1.165, 1.54) is 21.9 Å². The lowest BCUT2D eigenvalue weighted by molar-refractivity contribution is 0.663. The third kappa shape index (κ3) is 2.36. The Morgan fingerprint density at radius 1 is 1.10 bits per heavy atom. The van der Waals surface area contributed by atoms with Crippen molar-refractivity contribution in [1.29, 1.82) is 0 Å². The largest absolute Gasteiger partial charge is 0.455 e. The standard InChI is InChI=1S/C19H20O/c1-13(2)7-6-8-15-11-14(3)12-17-16-9-4-5-10-18(16)20-19(15)17/h4-6,8-13H,7H2,1-3H3/b8-6+. The average Bonchev–Trinajstić information content (AvgIpc) is 2.77. The molecule has 0 N–H and O–H groups in total. The molecule has 0 aliphatic heterocycles. The maximum absolute atomic E-state index is 6.04. The average molecular weight is 264 g/mol. The maximum Gasteiger partial charge on any atom is 0.142 e. The van der Waals surface area contributed by atoms with Crippen LogP contribution in [-0.4, -0.2) is 0 Å². The second kappa shape index (κ2) is 5.16. The molecule has 0 radical (unpaired) electrons. The van der Waals surface area contributed by atoms with Crippen LogP contribution in [0.25, 0.3) is 28.0 Å². The molecule has 0 saturated heterocycles. The van der Waals surface area contributed by atoms with Crippen LogP contribution in [0, 0.1) is 12.8 Å². The summed E-state index contributed by atoms with van der Waals surface area (Å²) in [4.78, 5) is 0. The Bertz CT molecular complexity index is 775. The number of allylic oxidation sites excluding steroid dienone is 1. The fourth-order valence-electron chi connectivity index (χ4n) is 2.59. The molecule has 2 aromatic carbocycles. The van der Waals surface area contributed by atoms with Crippen LogP contribution < -0.4 is 0 Å². The lowest BCUT2D eigenvalue weighted by Crippen LogP contribution is -1.82. The Hall–Kier alpha value is -2.02. The Morgan fingerprint density at radius 2 is 1.90 bits per heavy atom. The van der Waals surface area contributed by atoms with E-state index < -0.39 is 0 Å². The van der Waals surface area contributed by atoms with Gasteiger partial charge >= 0.3 is 0 Å². The first-order valence-corrected chi connectivity index (χ1v) is 7.23. The van der Waals surface area contributed by atoms with Crippen molar-refractivity contribution in [3.63, 3.8) is 0 Å². The smallest absolute Gasteiger partial charge is 0.142 e. The third-order valence-electron chi connectivity index (χ3n) is 3.56. The van der Waals surface area contributed by atoms with Gasteiger partial charge in [0.05, 0.1) is 0 Å². The highest BCUT2D eigenvalue weighted by Crippen LogP contribution is 2.32. The van der Waals surface area contributed by atoms with Crippen molar-refractivity contribution in [3.8, 4) is 0 Å². The summed E-state index contributed by atoms with van der Waals surface area (Å²) in [5, 5.41) is 2.41. The third-order valence-corrected chi connectivity index (χ3v) is 3.56. The van der Waals surface area contributed by atoms with Crippen molar-refractivity contribution in [2.75, 3.05) is 0 Å². The van der Waals surface area contributed by atoms with Gasteiger partial charge in [0, 0.05) is 16.3 Å². The van der Waals surface area contributed by atoms with Crippen LogP contribution in [0.5, 0.6) is 0 Å². The van der Waals surface area contributed by atoms with Gasteiger partial charge in [-0.2, -0.15) is 0 Å². The summed E-state index contributed by atoms with van der Waals surface area (Å²) in [6, 6.07) is 12.6. The summed E-state index contributed by atoms with van der Waals surface area (Å²) in [7, 11) is 0. The van der Waals surface area contributed by atoms with E-state index in [2.05, 4.69) is 57.2 Å². The van der Waals surface area contributed by atoms with Crippen LogP contribution in [0.1, 0.15) is 31.4 Å². The van der Waals surface area contributed by atoms with Crippen molar-refractivity contribution in [2.45, 2.75) is 27.2 Å². The fraction of sp³-hybridized carbons (Fsp3) is 0.263. The van der Waals surface area contributed by atoms with Crippen LogP contribution in [0.2, 0.25) is 0 Å². The summed E-state index contributed by atoms with van der Waals surface area (Å²) < 4.78 is 6.04. The molecule has 0 saturated carbocycles. The van der Waals surface area contributed by atoms with Crippen molar-refractivity contribution in [2.24, 2.45) is 5.92 Å². The molecule has 3 aromatic rings. The maximum atomic E-state index is 6.04. The number of fused-ring (bicyclic) bond motifs is 3. The second-order valence-corrected chi connectivity index (χ2v) is 5.86. The summed E-state index contributed by atoms with van der Waals surface area (Å²) in [6.07, 6.45) is 5.53. The molecule has 0 atom stereocenters. The quantitative estimate of drug-likeness (QED) is 0.569. The highest BCUT2D eigenvalue weighted by molar-refractivity contribution is 6.07. The molecule has 0 bridgehead atoms. The zero-order valence-electron chi connectivity index (χ0n) is 12.3. The lowest BCUT2D eigenvalue weighted by Gasteiger charge is -2.00. The lowest BCUT2D eigenvalue weighted by atomic mass is 10.0. The predicted molar refractivity (Wildman–Crippen MR) is 86.9 cm³/mol. The summed E-state index contributed by atoms with van der Waals surface area (Å²) in [5.74, 6) is 0.683. The fourth-order valence-corrected chi connectivity index (χ4v) is 2.59. The molecule has 0 fully saturated rings. The van der Waals surface area contributed by atoms with Crippen LogP contribution in [0.3, 0.4) is 0 Å². The molecule has 1 heteroatoms. The summed E-state index contributed by atoms with van der Waals surface area (Å²) in [6.45, 7) is 6.61. The van der Waals surface area contributed by atoms with Gasteiger partial charge in [-0.25, -0.2) is 0 Å². The minimum atomic E-state index is 0.683. The first-order valence-electron chi connectivity index (χ1n) is 7.23. The minimum Gasteiger partial charge on any atom is -0.455 e. The number of aryl methyl sites for hydroxylation is 1. The van der Waals surface area contributed by atoms with E-state index in [1.54, 1.807) is 0 Å². The molecule has 0 spiro atoms. The zero-order valence-corrected chi connectivity index (χ0v) is 12.3. The molecule has 1 aromatic heterocycles. The van der Waals surface area contributed by atoms with Crippen molar-refractivity contribution < 1.29 is 4.42 Å². The first kappa shape index (κ1) is 13.0. The van der Waals surface area contributed by atoms with E-state index in [4.69, 9.17) is 4.42 Å². The van der Waals surface area contributed by atoms with E-state index in [0.29, 0.717) is 5.92 Å². The van der Waals surface area contributed by atoms with E-state index in [9.17, 15) is 0 Å². The molecule has 0 aliphatic rings. The number of rotatable bonds is 3. The molecule has 0 amide bonds. The van der Waals surface area contributed by atoms with Crippen molar-refractivity contribution in [3.05, 3.63) is 53.6 Å². The highest BCUT2D eigenvalue weighted by Gasteiger charge is 2.09. The molecule has 0 unspecified atom stereocenters. The van der Waals surface area contributed by atoms with E-state index in [0.717, 1.165) is 17.6 Å². The van der Waals surface area contributed by atoms with Crippen molar-refractivity contribution in [1.82, 2.24) is 0 Å². The first-order chi connectivity index (χ1) is 9.65. The van der Waals surface area contributed by atoms with Crippen molar-refractivity contribution >= 4 is 28.0 Å². The Labute approximate surface area is 119 Å². The minimum absolute atomic E-state index is 0.683. The second-order valence-electron chi connectivity index (χ2n) is 5.86. The molecule has 1 heterocycles. The van der Waals surface area contributed by atoms with Gasteiger partial charge in [0.1, 0.15) is 11.2 Å². The zero-order chi connectivity index (χ0) is 14.1. The van der Waals surface area contributed by atoms with E-state index in [-0.39, 0.29) is 0 Å². The molecule has 102 valence electrons. The molecule has 1 nitrogen and oxygen atoms in total. The molecule has 0 aliphatic carbocycles. The highest BCUT2D eigenvalue weighted by atomic mass is 16.3. The van der Waals surface area contributed by atoms with Gasteiger partial charge in [0.25, 0.3) is 0 Å². The number of hydrogen-bond acceptors (Lipinski definition) is 1. The van der Waals surface area contributed by atoms with E-state index >= 15 is 0 Å². The van der Waals surface area contributed by atoms with Crippen LogP contribution >= 0.6 is 0 Å². The molecule has 3 rings (SSSR count). The van der Waals surface area contributed by atoms with Gasteiger partial charge in [-0.1, -0.05) is 44.2 Å². The summed E-state index contributed by atoms with van der Waals surface area (Å²) >= 11 is 0. The van der Waals surface area contributed by atoms with Gasteiger partial charge in [-0.05, 0) is 43.0 Å². The SMILES string of the molecule is Cc1cc(/C=C/CC(C)C)c2oc3ccccc3c2c1. The molecular formula is C19H20O. The van der Waals surface area contributed by atoms with Gasteiger partial charge < -0.3 is 4.42 Å². The number of furan rings is 1. The van der Waals surface area contributed by atoms with E-state index in [1.807, 2.05) is 12.1 Å². The van der Waals surface area contributed by atoms with Gasteiger partial charge in [0.15, 0.2) is 0 Å². The topological polar surface area (TPSA) is 13.1 Å². The van der Waals surface area contributed by atoms with Gasteiger partial charge in [-0.3, -0.25) is 0 Å². The normalized spacial score (nSPS) is 12.2. The predicted octanol–water partition coefficient (Wildman–Crippen LogP) is 5.95. The molecule has 20 heavy (non-hydrogen) atoms. The van der Waals surface area contributed by atoms with Gasteiger partial charge in [0.2, 0.25) is 0 Å². The van der Waals surface area contributed by atoms with Crippen LogP contribution in [0.4, 0.5) is 0 Å². The molecular weight excluding hydrogens is 244 g/mol. The number of para-hydroxylation sites is 1. The van der Waals surface area contributed by atoms with Gasteiger partial charge in [-0.15, -0.1) is 0 Å². The Kier molecular flexibility index (Phi) is 3.35. The van der Waals surface area contributed by atoms with Crippen LogP contribution in [-0.2, 0) is 0 Å². The summed E-state index contributed by atoms with van der Waals surface area (Å²) in [5.41, 5.74) is 4.41. The number of benzene rings is 2. The number of hydrogen-bond donors (Lipinski definition) is 0.